The zero-order valence-electron chi connectivity index (χ0n) is 26.6. The van der Waals surface area contributed by atoms with E-state index in [9.17, 15) is 9.11 Å². The van der Waals surface area contributed by atoms with E-state index in [1.54, 1.807) is 24.3 Å². The molecule has 0 aliphatic rings. The molecule has 0 aliphatic carbocycles. The summed E-state index contributed by atoms with van der Waals surface area (Å²) in [7, 11) is -2.87. The van der Waals surface area contributed by atoms with E-state index in [1.165, 1.54) is 66.8 Å². The molecular formula is C37H48O2S. The quantitative estimate of drug-likeness (QED) is 0.262. The van der Waals surface area contributed by atoms with Gasteiger partial charge in [0.2, 0.25) is 0 Å². The minimum Gasteiger partial charge on any atom is -0.290 e. The second-order valence-electron chi connectivity index (χ2n) is 11.6. The monoisotopic (exact) mass is 556 g/mol. The number of aryl methyl sites for hydroxylation is 2. The first-order valence-electron chi connectivity index (χ1n) is 14.1. The molecule has 4 rings (SSSR count). The summed E-state index contributed by atoms with van der Waals surface area (Å²) in [4.78, 5) is 1.12. The molecule has 0 aromatic heterocycles. The molecule has 4 aromatic carbocycles. The standard InChI is InChI=1S/C23H32.C14H16O2S/c1-12-14(3)18(7)22(19(8)15(12)4)11-23-20(9)16(5)13(2)17(6)21(23)10;1-11-3-7-13(8-4-11)17(15,16)14-9-5-12(2)6-10-14/h11H2,1-10H3;3-10,15-16H,1-2H3. The van der Waals surface area contributed by atoms with Crippen LogP contribution in [0.5, 0.6) is 0 Å². The van der Waals surface area contributed by atoms with Crippen molar-refractivity contribution in [3.63, 3.8) is 0 Å². The summed E-state index contributed by atoms with van der Waals surface area (Å²) in [5.74, 6) is 0. The molecule has 214 valence electrons. The molecule has 0 radical (unpaired) electrons. The summed E-state index contributed by atoms with van der Waals surface area (Å²) in [6.45, 7) is 26.7. The van der Waals surface area contributed by atoms with Crippen LogP contribution < -0.4 is 0 Å². The van der Waals surface area contributed by atoms with Crippen molar-refractivity contribution in [1.29, 1.82) is 0 Å². The Morgan fingerprint density at radius 3 is 0.850 bits per heavy atom. The zero-order valence-corrected chi connectivity index (χ0v) is 27.4. The van der Waals surface area contributed by atoms with Crippen LogP contribution in [0.4, 0.5) is 0 Å². The molecule has 0 heterocycles. The highest BCUT2D eigenvalue weighted by atomic mass is 32.3. The summed E-state index contributed by atoms with van der Waals surface area (Å²) in [6, 6.07) is 14.6. The lowest BCUT2D eigenvalue weighted by Crippen LogP contribution is -2.08. The van der Waals surface area contributed by atoms with Gasteiger partial charge in [-0.05, 0) is 181 Å². The van der Waals surface area contributed by atoms with Crippen LogP contribution in [0.1, 0.15) is 77.9 Å². The van der Waals surface area contributed by atoms with Crippen LogP contribution in [-0.4, -0.2) is 9.11 Å². The summed E-state index contributed by atoms with van der Waals surface area (Å²) >= 11 is 0. The largest absolute Gasteiger partial charge is 0.290 e. The number of hydrogen-bond acceptors (Lipinski definition) is 2. The van der Waals surface area contributed by atoms with E-state index >= 15 is 0 Å². The molecule has 0 saturated heterocycles. The third kappa shape index (κ3) is 6.22. The van der Waals surface area contributed by atoms with Gasteiger partial charge >= 0.3 is 0 Å². The van der Waals surface area contributed by atoms with Gasteiger partial charge < -0.3 is 0 Å². The SMILES string of the molecule is Cc1c(C)c(C)c(Cc2c(C)c(C)c(C)c(C)c2C)c(C)c1C.Cc1ccc(S(O)(O)c2ccc(C)cc2)cc1. The highest BCUT2D eigenvalue weighted by Gasteiger charge is 2.19. The molecule has 3 heteroatoms. The topological polar surface area (TPSA) is 40.5 Å². The van der Waals surface area contributed by atoms with Gasteiger partial charge in [0.05, 0.1) is 9.79 Å². The molecule has 0 bridgehead atoms. The Labute approximate surface area is 244 Å². The Morgan fingerprint density at radius 1 is 0.375 bits per heavy atom. The van der Waals surface area contributed by atoms with Crippen LogP contribution in [0.15, 0.2) is 58.3 Å². The van der Waals surface area contributed by atoms with Crippen LogP contribution in [0.25, 0.3) is 0 Å². The zero-order chi connectivity index (χ0) is 30.1. The molecule has 0 unspecified atom stereocenters. The lowest BCUT2D eigenvalue weighted by atomic mass is 9.82. The molecule has 40 heavy (non-hydrogen) atoms. The predicted octanol–water partition coefficient (Wildman–Crippen LogP) is 10.8. The third-order valence-electron chi connectivity index (χ3n) is 9.36. The van der Waals surface area contributed by atoms with Crippen molar-refractivity contribution in [3.05, 3.63) is 126 Å². The maximum absolute atomic E-state index is 10.3. The van der Waals surface area contributed by atoms with E-state index in [1.807, 2.05) is 38.1 Å². The summed E-state index contributed by atoms with van der Waals surface area (Å²) in [6.07, 6.45) is 1.05. The first-order chi connectivity index (χ1) is 18.6. The van der Waals surface area contributed by atoms with E-state index in [2.05, 4.69) is 69.2 Å². The van der Waals surface area contributed by atoms with Gasteiger partial charge in [-0.2, -0.15) is 0 Å². The molecule has 0 atom stereocenters. The van der Waals surface area contributed by atoms with Crippen LogP contribution in [-0.2, 0) is 6.42 Å². The fraction of sp³-hybridized carbons (Fsp3) is 0.351. The van der Waals surface area contributed by atoms with Crippen molar-refractivity contribution in [1.82, 2.24) is 0 Å². The fourth-order valence-corrected chi connectivity index (χ4v) is 6.76. The fourth-order valence-electron chi connectivity index (χ4n) is 5.45. The first-order valence-corrected chi connectivity index (χ1v) is 15.7. The van der Waals surface area contributed by atoms with Crippen molar-refractivity contribution >= 4 is 10.6 Å². The van der Waals surface area contributed by atoms with E-state index in [4.69, 9.17) is 0 Å². The molecular weight excluding hydrogens is 508 g/mol. The number of benzene rings is 4. The molecule has 2 N–H and O–H groups in total. The normalized spacial score (nSPS) is 11.8. The second kappa shape index (κ2) is 12.3. The van der Waals surface area contributed by atoms with Gasteiger partial charge in [-0.1, -0.05) is 35.4 Å². The van der Waals surface area contributed by atoms with Crippen molar-refractivity contribution in [2.45, 2.75) is 99.3 Å². The summed E-state index contributed by atoms with van der Waals surface area (Å²) < 4.78 is 20.6. The van der Waals surface area contributed by atoms with Gasteiger partial charge in [0.15, 0.2) is 0 Å². The van der Waals surface area contributed by atoms with Gasteiger partial charge in [0.25, 0.3) is 0 Å². The van der Waals surface area contributed by atoms with Crippen LogP contribution in [0.2, 0.25) is 0 Å². The lowest BCUT2D eigenvalue weighted by molar-refractivity contribution is 0.487. The van der Waals surface area contributed by atoms with E-state index in [-0.39, 0.29) is 0 Å². The maximum atomic E-state index is 10.3. The molecule has 0 amide bonds. The summed E-state index contributed by atoms with van der Waals surface area (Å²) in [5, 5.41) is 0. The smallest absolute Gasteiger partial charge is 0.0637 e. The average molecular weight is 557 g/mol. The maximum Gasteiger partial charge on any atom is 0.0637 e. The van der Waals surface area contributed by atoms with Gasteiger partial charge in [0, 0.05) is 0 Å². The molecule has 0 aliphatic heterocycles. The van der Waals surface area contributed by atoms with Gasteiger partial charge in [0.1, 0.15) is 0 Å². The highest BCUT2D eigenvalue weighted by Crippen LogP contribution is 2.55. The van der Waals surface area contributed by atoms with Crippen molar-refractivity contribution in [2.75, 3.05) is 0 Å². The van der Waals surface area contributed by atoms with Crippen LogP contribution in [0.3, 0.4) is 0 Å². The Morgan fingerprint density at radius 2 is 0.600 bits per heavy atom. The Bertz CT molecular complexity index is 1350. The van der Waals surface area contributed by atoms with E-state index < -0.39 is 10.6 Å². The van der Waals surface area contributed by atoms with E-state index in [0.717, 1.165) is 17.5 Å². The Hall–Kier alpha value is -2.85. The van der Waals surface area contributed by atoms with Gasteiger partial charge in [-0.15, -0.1) is 10.6 Å². The molecule has 0 fully saturated rings. The lowest BCUT2D eigenvalue weighted by Gasteiger charge is -2.32. The first kappa shape index (κ1) is 31.7. The highest BCUT2D eigenvalue weighted by molar-refractivity contribution is 8.24. The number of hydrogen-bond donors (Lipinski definition) is 2. The number of rotatable bonds is 4. The van der Waals surface area contributed by atoms with Gasteiger partial charge in [-0.25, -0.2) is 0 Å². The van der Waals surface area contributed by atoms with Crippen LogP contribution in [0, 0.1) is 83.1 Å². The van der Waals surface area contributed by atoms with E-state index in [0.29, 0.717) is 9.79 Å². The van der Waals surface area contributed by atoms with Gasteiger partial charge in [-0.3, -0.25) is 9.11 Å². The second-order valence-corrected chi connectivity index (χ2v) is 13.6. The Kier molecular flexibility index (Phi) is 9.78. The molecule has 0 saturated carbocycles. The van der Waals surface area contributed by atoms with Crippen molar-refractivity contribution in [2.24, 2.45) is 0 Å². The summed E-state index contributed by atoms with van der Waals surface area (Å²) in [5.41, 5.74) is 19.9. The third-order valence-corrected chi connectivity index (χ3v) is 11.2. The molecule has 4 aromatic rings. The van der Waals surface area contributed by atoms with Crippen molar-refractivity contribution < 1.29 is 9.11 Å². The predicted molar refractivity (Wildman–Crippen MR) is 175 cm³/mol. The Balaban J connectivity index is 0.000000230. The molecule has 0 spiro atoms. The average Bonchev–Trinajstić information content (AvgIpc) is 2.93. The van der Waals surface area contributed by atoms with Crippen LogP contribution >= 0.6 is 10.6 Å². The minimum atomic E-state index is -2.87. The minimum absolute atomic E-state index is 0.562. The van der Waals surface area contributed by atoms with Crippen molar-refractivity contribution in [3.8, 4) is 0 Å². The molecule has 2 nitrogen and oxygen atoms in total.